The SMILES string of the molecule is CCNC(=NCCN1CCN(CC)CC1)NCCc1ccco1. The summed E-state index contributed by atoms with van der Waals surface area (Å²) in [5.41, 5.74) is 0. The number of piperazine rings is 1. The van der Waals surface area contributed by atoms with Crippen LogP contribution in [-0.4, -0.2) is 74.7 Å². The molecular weight excluding hydrogens is 290 g/mol. The largest absolute Gasteiger partial charge is 0.469 e. The summed E-state index contributed by atoms with van der Waals surface area (Å²) in [6.07, 6.45) is 2.59. The van der Waals surface area contributed by atoms with Crippen molar-refractivity contribution in [3.8, 4) is 0 Å². The Balaban J connectivity index is 1.66. The van der Waals surface area contributed by atoms with E-state index < -0.39 is 0 Å². The van der Waals surface area contributed by atoms with Crippen LogP contribution in [0.25, 0.3) is 0 Å². The van der Waals surface area contributed by atoms with Crippen molar-refractivity contribution in [2.45, 2.75) is 20.3 Å². The van der Waals surface area contributed by atoms with Crippen molar-refractivity contribution in [3.05, 3.63) is 24.2 Å². The molecule has 0 radical (unpaired) electrons. The molecule has 0 bridgehead atoms. The summed E-state index contributed by atoms with van der Waals surface area (Å²) in [5, 5.41) is 6.66. The van der Waals surface area contributed by atoms with Crippen molar-refractivity contribution in [3.63, 3.8) is 0 Å². The van der Waals surface area contributed by atoms with Gasteiger partial charge in [-0.3, -0.25) is 9.89 Å². The lowest BCUT2D eigenvalue weighted by molar-refractivity contribution is 0.140. The summed E-state index contributed by atoms with van der Waals surface area (Å²) in [6, 6.07) is 3.93. The maximum atomic E-state index is 5.34. The van der Waals surface area contributed by atoms with Crippen LogP contribution in [0.4, 0.5) is 0 Å². The minimum absolute atomic E-state index is 0.828. The van der Waals surface area contributed by atoms with Gasteiger partial charge in [0, 0.05) is 52.2 Å². The van der Waals surface area contributed by atoms with Gasteiger partial charge in [0.2, 0.25) is 0 Å². The number of aliphatic imine (C=N–C) groups is 1. The van der Waals surface area contributed by atoms with Gasteiger partial charge in [-0.1, -0.05) is 6.92 Å². The fourth-order valence-corrected chi connectivity index (χ4v) is 2.73. The first-order chi connectivity index (χ1) is 11.3. The predicted octanol–water partition coefficient (Wildman–Crippen LogP) is 1.01. The van der Waals surface area contributed by atoms with Gasteiger partial charge < -0.3 is 20.0 Å². The lowest BCUT2D eigenvalue weighted by Gasteiger charge is -2.33. The Morgan fingerprint density at radius 2 is 1.96 bits per heavy atom. The molecule has 6 nitrogen and oxygen atoms in total. The highest BCUT2D eigenvalue weighted by molar-refractivity contribution is 5.79. The lowest BCUT2D eigenvalue weighted by atomic mass is 10.3. The number of guanidine groups is 1. The van der Waals surface area contributed by atoms with E-state index in [0.29, 0.717) is 0 Å². The van der Waals surface area contributed by atoms with Gasteiger partial charge >= 0.3 is 0 Å². The van der Waals surface area contributed by atoms with Gasteiger partial charge in [0.05, 0.1) is 12.8 Å². The van der Waals surface area contributed by atoms with Crippen LogP contribution in [0, 0.1) is 0 Å². The quantitative estimate of drug-likeness (QED) is 0.553. The molecule has 0 aromatic carbocycles. The van der Waals surface area contributed by atoms with Crippen molar-refractivity contribution in [1.29, 1.82) is 0 Å². The minimum Gasteiger partial charge on any atom is -0.469 e. The minimum atomic E-state index is 0.828. The van der Waals surface area contributed by atoms with E-state index in [2.05, 4.69) is 39.3 Å². The molecule has 1 saturated heterocycles. The fraction of sp³-hybridized carbons (Fsp3) is 0.706. The van der Waals surface area contributed by atoms with Crippen LogP contribution in [0.2, 0.25) is 0 Å². The van der Waals surface area contributed by atoms with E-state index in [4.69, 9.17) is 4.42 Å². The van der Waals surface area contributed by atoms with Crippen LogP contribution in [0.3, 0.4) is 0 Å². The molecule has 0 aliphatic carbocycles. The van der Waals surface area contributed by atoms with E-state index in [-0.39, 0.29) is 0 Å². The monoisotopic (exact) mass is 321 g/mol. The first kappa shape index (κ1) is 17.8. The zero-order valence-corrected chi connectivity index (χ0v) is 14.6. The number of nitrogens with one attached hydrogen (secondary N) is 2. The molecule has 1 aromatic heterocycles. The molecule has 1 aromatic rings. The van der Waals surface area contributed by atoms with Gasteiger partial charge in [0.25, 0.3) is 0 Å². The number of nitrogens with zero attached hydrogens (tertiary/aromatic N) is 3. The Hall–Kier alpha value is -1.53. The van der Waals surface area contributed by atoms with E-state index in [1.807, 2.05) is 12.1 Å². The Kier molecular flexibility index (Phi) is 7.97. The topological polar surface area (TPSA) is 56.0 Å². The Labute approximate surface area is 139 Å². The van der Waals surface area contributed by atoms with Crippen molar-refractivity contribution >= 4 is 5.96 Å². The maximum Gasteiger partial charge on any atom is 0.191 e. The van der Waals surface area contributed by atoms with Crippen molar-refractivity contribution in [1.82, 2.24) is 20.4 Å². The Morgan fingerprint density at radius 1 is 1.17 bits per heavy atom. The second-order valence-corrected chi connectivity index (χ2v) is 5.79. The smallest absolute Gasteiger partial charge is 0.191 e. The molecule has 0 spiro atoms. The molecule has 0 saturated carbocycles. The van der Waals surface area contributed by atoms with E-state index in [0.717, 1.165) is 64.0 Å². The number of rotatable bonds is 8. The molecule has 1 fully saturated rings. The molecule has 2 N–H and O–H groups in total. The van der Waals surface area contributed by atoms with E-state index in [1.54, 1.807) is 6.26 Å². The average Bonchev–Trinajstić information content (AvgIpc) is 3.09. The van der Waals surface area contributed by atoms with E-state index >= 15 is 0 Å². The highest BCUT2D eigenvalue weighted by Crippen LogP contribution is 2.01. The molecule has 0 unspecified atom stereocenters. The molecule has 23 heavy (non-hydrogen) atoms. The molecular formula is C17H31N5O. The first-order valence-electron chi connectivity index (χ1n) is 8.81. The molecule has 0 amide bonds. The zero-order chi connectivity index (χ0) is 16.3. The van der Waals surface area contributed by atoms with Crippen molar-refractivity contribution in [2.75, 3.05) is 58.9 Å². The number of hydrogen-bond acceptors (Lipinski definition) is 4. The Morgan fingerprint density at radius 3 is 2.61 bits per heavy atom. The Bertz CT molecular complexity index is 438. The number of hydrogen-bond donors (Lipinski definition) is 2. The number of furan rings is 1. The van der Waals surface area contributed by atoms with E-state index in [9.17, 15) is 0 Å². The fourth-order valence-electron chi connectivity index (χ4n) is 2.73. The molecule has 130 valence electrons. The highest BCUT2D eigenvalue weighted by Gasteiger charge is 2.14. The van der Waals surface area contributed by atoms with Crippen molar-refractivity contribution < 1.29 is 4.42 Å². The second-order valence-electron chi connectivity index (χ2n) is 5.79. The summed E-state index contributed by atoms with van der Waals surface area (Å²) in [4.78, 5) is 9.68. The molecule has 2 rings (SSSR count). The summed E-state index contributed by atoms with van der Waals surface area (Å²) in [6.45, 7) is 13.7. The molecule has 1 aliphatic heterocycles. The van der Waals surface area contributed by atoms with Crippen LogP contribution in [0.5, 0.6) is 0 Å². The van der Waals surface area contributed by atoms with Gasteiger partial charge in [0.15, 0.2) is 5.96 Å². The van der Waals surface area contributed by atoms with Crippen molar-refractivity contribution in [2.24, 2.45) is 4.99 Å². The van der Waals surface area contributed by atoms with Crippen LogP contribution in [-0.2, 0) is 6.42 Å². The summed E-state index contributed by atoms with van der Waals surface area (Å²) < 4.78 is 5.34. The van der Waals surface area contributed by atoms with Gasteiger partial charge in [0.1, 0.15) is 5.76 Å². The van der Waals surface area contributed by atoms with Gasteiger partial charge in [-0.25, -0.2) is 0 Å². The number of likely N-dealkylation sites (N-methyl/N-ethyl adjacent to an activating group) is 1. The third-order valence-electron chi connectivity index (χ3n) is 4.19. The van der Waals surface area contributed by atoms with E-state index in [1.165, 1.54) is 13.1 Å². The molecule has 6 heteroatoms. The zero-order valence-electron chi connectivity index (χ0n) is 14.6. The normalized spacial score (nSPS) is 17.4. The lowest BCUT2D eigenvalue weighted by Crippen LogP contribution is -2.47. The summed E-state index contributed by atoms with van der Waals surface area (Å²) in [7, 11) is 0. The van der Waals surface area contributed by atoms with Gasteiger partial charge in [-0.05, 0) is 25.6 Å². The van der Waals surface area contributed by atoms with Gasteiger partial charge in [-0.2, -0.15) is 0 Å². The molecule has 0 atom stereocenters. The first-order valence-corrected chi connectivity index (χ1v) is 8.81. The molecule has 2 heterocycles. The predicted molar refractivity (Wildman–Crippen MR) is 94.9 cm³/mol. The second kappa shape index (κ2) is 10.3. The average molecular weight is 321 g/mol. The highest BCUT2D eigenvalue weighted by atomic mass is 16.3. The standard InChI is InChI=1S/C17H31N5O/c1-3-18-17(19-8-7-16-6-5-15-23-16)20-9-10-22-13-11-21(4-2)12-14-22/h5-6,15H,3-4,7-14H2,1-2H3,(H2,18,19,20). The van der Waals surface area contributed by atoms with Crippen LogP contribution >= 0.6 is 0 Å². The third kappa shape index (κ3) is 6.62. The third-order valence-corrected chi connectivity index (χ3v) is 4.19. The van der Waals surface area contributed by atoms with Gasteiger partial charge in [-0.15, -0.1) is 0 Å². The summed E-state index contributed by atoms with van der Waals surface area (Å²) >= 11 is 0. The molecule has 1 aliphatic rings. The van der Waals surface area contributed by atoms with Crippen LogP contribution in [0.15, 0.2) is 27.8 Å². The maximum absolute atomic E-state index is 5.34. The van der Waals surface area contributed by atoms with Crippen LogP contribution in [0.1, 0.15) is 19.6 Å². The summed E-state index contributed by atoms with van der Waals surface area (Å²) in [5.74, 6) is 1.90. The van der Waals surface area contributed by atoms with Crippen LogP contribution < -0.4 is 10.6 Å².